The zero-order valence-electron chi connectivity index (χ0n) is 7.66. The molecule has 0 aromatic carbocycles. The molecule has 3 heteroatoms. The zero-order chi connectivity index (χ0) is 8.81. The second-order valence-corrected chi connectivity index (χ2v) is 2.83. The predicted molar refractivity (Wildman–Crippen MR) is 49.7 cm³/mol. The molecule has 1 unspecified atom stereocenters. The van der Waals surface area contributed by atoms with E-state index in [0.29, 0.717) is 6.17 Å². The molecule has 1 atom stereocenters. The van der Waals surface area contributed by atoms with E-state index < -0.39 is 0 Å². The standard InChI is InChI=1S/C9H16N2O/c1-11(7-8-12-2)9-5-3-4-6-10-9/h3-6,9-10H,7-8H2,1-2H3. The Labute approximate surface area is 73.7 Å². The highest BCUT2D eigenvalue weighted by molar-refractivity contribution is 5.11. The molecule has 1 heterocycles. The fourth-order valence-corrected chi connectivity index (χ4v) is 1.08. The Hall–Kier alpha value is -0.800. The van der Waals surface area contributed by atoms with Crippen LogP contribution in [0.25, 0.3) is 0 Å². The Morgan fingerprint density at radius 1 is 1.50 bits per heavy atom. The summed E-state index contributed by atoms with van der Waals surface area (Å²) >= 11 is 0. The van der Waals surface area contributed by atoms with Crippen LogP contribution in [-0.2, 0) is 4.74 Å². The van der Waals surface area contributed by atoms with Crippen LogP contribution in [0.5, 0.6) is 0 Å². The second-order valence-electron chi connectivity index (χ2n) is 2.83. The normalized spacial score (nSPS) is 21.4. The number of likely N-dealkylation sites (N-methyl/N-ethyl adjacent to an activating group) is 1. The lowest BCUT2D eigenvalue weighted by Crippen LogP contribution is -2.41. The van der Waals surface area contributed by atoms with E-state index in [0.717, 1.165) is 13.2 Å². The number of allylic oxidation sites excluding steroid dienone is 2. The molecule has 1 aliphatic heterocycles. The SMILES string of the molecule is COCCN(C)C1C=CC=CN1. The fourth-order valence-electron chi connectivity index (χ4n) is 1.08. The number of methoxy groups -OCH3 is 1. The molecule has 0 fully saturated rings. The maximum atomic E-state index is 4.99. The maximum Gasteiger partial charge on any atom is 0.0983 e. The van der Waals surface area contributed by atoms with Crippen molar-refractivity contribution >= 4 is 0 Å². The van der Waals surface area contributed by atoms with Crippen molar-refractivity contribution in [2.45, 2.75) is 6.17 Å². The van der Waals surface area contributed by atoms with Gasteiger partial charge in [-0.1, -0.05) is 6.08 Å². The Balaban J connectivity index is 2.27. The van der Waals surface area contributed by atoms with Crippen molar-refractivity contribution in [1.82, 2.24) is 10.2 Å². The van der Waals surface area contributed by atoms with Gasteiger partial charge in [0.25, 0.3) is 0 Å². The molecule has 0 saturated heterocycles. The minimum atomic E-state index is 0.310. The van der Waals surface area contributed by atoms with Gasteiger partial charge in [-0.15, -0.1) is 0 Å². The summed E-state index contributed by atoms with van der Waals surface area (Å²) in [4.78, 5) is 2.20. The van der Waals surface area contributed by atoms with E-state index in [1.54, 1.807) is 7.11 Å². The molecule has 0 saturated carbocycles. The summed E-state index contributed by atoms with van der Waals surface area (Å²) in [7, 11) is 3.79. The Bertz CT molecular complexity index is 177. The quantitative estimate of drug-likeness (QED) is 0.664. The summed E-state index contributed by atoms with van der Waals surface area (Å²) in [6.07, 6.45) is 8.42. The van der Waals surface area contributed by atoms with Gasteiger partial charge in [-0.3, -0.25) is 4.90 Å². The summed E-state index contributed by atoms with van der Waals surface area (Å²) in [6.45, 7) is 1.71. The van der Waals surface area contributed by atoms with Gasteiger partial charge >= 0.3 is 0 Å². The van der Waals surface area contributed by atoms with Crippen LogP contribution >= 0.6 is 0 Å². The Morgan fingerprint density at radius 3 is 2.92 bits per heavy atom. The van der Waals surface area contributed by atoms with E-state index in [1.165, 1.54) is 0 Å². The van der Waals surface area contributed by atoms with Gasteiger partial charge in [-0.2, -0.15) is 0 Å². The number of ether oxygens (including phenoxy) is 1. The molecule has 0 bridgehead atoms. The summed E-state index contributed by atoms with van der Waals surface area (Å²) in [5.41, 5.74) is 0. The lowest BCUT2D eigenvalue weighted by Gasteiger charge is -2.26. The first-order valence-electron chi connectivity index (χ1n) is 4.13. The minimum absolute atomic E-state index is 0.310. The number of rotatable bonds is 4. The van der Waals surface area contributed by atoms with Gasteiger partial charge in [0, 0.05) is 13.7 Å². The number of nitrogens with zero attached hydrogens (tertiary/aromatic N) is 1. The Morgan fingerprint density at radius 2 is 2.33 bits per heavy atom. The van der Waals surface area contributed by atoms with Gasteiger partial charge in [0.2, 0.25) is 0 Å². The van der Waals surface area contributed by atoms with Crippen molar-refractivity contribution < 1.29 is 4.74 Å². The first-order valence-corrected chi connectivity index (χ1v) is 4.13. The van der Waals surface area contributed by atoms with Gasteiger partial charge in [0.05, 0.1) is 12.8 Å². The summed E-state index contributed by atoms with van der Waals surface area (Å²) in [5.74, 6) is 0. The molecule has 0 aromatic heterocycles. The van der Waals surface area contributed by atoms with Crippen LogP contribution in [0.2, 0.25) is 0 Å². The fraction of sp³-hybridized carbons (Fsp3) is 0.556. The number of nitrogens with one attached hydrogen (secondary N) is 1. The molecule has 3 nitrogen and oxygen atoms in total. The first kappa shape index (κ1) is 9.29. The Kier molecular flexibility index (Phi) is 3.84. The summed E-state index contributed by atoms with van der Waals surface area (Å²) in [5, 5.41) is 3.23. The van der Waals surface area contributed by atoms with E-state index in [-0.39, 0.29) is 0 Å². The van der Waals surface area contributed by atoms with Crippen molar-refractivity contribution in [3.8, 4) is 0 Å². The van der Waals surface area contributed by atoms with Crippen molar-refractivity contribution in [3.05, 3.63) is 24.4 Å². The second kappa shape index (κ2) is 4.95. The number of dihydropyridines is 1. The van der Waals surface area contributed by atoms with Gasteiger partial charge < -0.3 is 10.1 Å². The third-order valence-electron chi connectivity index (χ3n) is 1.89. The summed E-state index contributed by atoms with van der Waals surface area (Å²) < 4.78 is 4.99. The minimum Gasteiger partial charge on any atom is -0.383 e. The van der Waals surface area contributed by atoms with E-state index in [1.807, 2.05) is 18.4 Å². The van der Waals surface area contributed by atoms with E-state index in [9.17, 15) is 0 Å². The van der Waals surface area contributed by atoms with Crippen molar-refractivity contribution in [3.63, 3.8) is 0 Å². The predicted octanol–water partition coefficient (Wildman–Crippen LogP) is 0.564. The van der Waals surface area contributed by atoms with E-state index in [4.69, 9.17) is 4.74 Å². The van der Waals surface area contributed by atoms with E-state index >= 15 is 0 Å². The molecule has 0 radical (unpaired) electrons. The molecule has 1 N–H and O–H groups in total. The zero-order valence-corrected chi connectivity index (χ0v) is 7.66. The molecule has 0 aliphatic carbocycles. The van der Waals surface area contributed by atoms with Crippen LogP contribution in [0, 0.1) is 0 Å². The molecule has 68 valence electrons. The lowest BCUT2D eigenvalue weighted by atomic mass is 10.3. The smallest absolute Gasteiger partial charge is 0.0983 e. The lowest BCUT2D eigenvalue weighted by molar-refractivity contribution is 0.144. The average molecular weight is 168 g/mol. The topological polar surface area (TPSA) is 24.5 Å². The molecule has 0 amide bonds. The molecule has 1 rings (SSSR count). The summed E-state index contributed by atoms with van der Waals surface area (Å²) in [6, 6.07) is 0. The van der Waals surface area contributed by atoms with Crippen LogP contribution in [0.15, 0.2) is 24.4 Å². The first-order chi connectivity index (χ1) is 5.84. The number of hydrogen-bond acceptors (Lipinski definition) is 3. The number of hydrogen-bond donors (Lipinski definition) is 1. The largest absolute Gasteiger partial charge is 0.383 e. The van der Waals surface area contributed by atoms with Gasteiger partial charge in [0.15, 0.2) is 0 Å². The third kappa shape index (κ3) is 2.68. The van der Waals surface area contributed by atoms with Crippen LogP contribution < -0.4 is 5.32 Å². The van der Waals surface area contributed by atoms with Crippen LogP contribution in [-0.4, -0.2) is 38.4 Å². The van der Waals surface area contributed by atoms with Crippen LogP contribution in [0.1, 0.15) is 0 Å². The highest BCUT2D eigenvalue weighted by Gasteiger charge is 2.09. The van der Waals surface area contributed by atoms with Gasteiger partial charge in [0.1, 0.15) is 0 Å². The van der Waals surface area contributed by atoms with Crippen molar-refractivity contribution in [1.29, 1.82) is 0 Å². The highest BCUT2D eigenvalue weighted by atomic mass is 16.5. The molecule has 0 spiro atoms. The third-order valence-corrected chi connectivity index (χ3v) is 1.89. The molecular formula is C9H16N2O. The highest BCUT2D eigenvalue weighted by Crippen LogP contribution is 1.98. The monoisotopic (exact) mass is 168 g/mol. The van der Waals surface area contributed by atoms with Crippen molar-refractivity contribution in [2.75, 3.05) is 27.3 Å². The van der Waals surface area contributed by atoms with E-state index in [2.05, 4.69) is 23.3 Å². The average Bonchev–Trinajstić information content (AvgIpc) is 2.15. The molecule has 1 aliphatic rings. The van der Waals surface area contributed by atoms with Gasteiger partial charge in [-0.25, -0.2) is 0 Å². The van der Waals surface area contributed by atoms with Crippen molar-refractivity contribution in [2.24, 2.45) is 0 Å². The molecule has 0 aromatic rings. The molecule has 12 heavy (non-hydrogen) atoms. The van der Waals surface area contributed by atoms with Crippen LogP contribution in [0.4, 0.5) is 0 Å². The van der Waals surface area contributed by atoms with Gasteiger partial charge in [-0.05, 0) is 25.4 Å². The molecular weight excluding hydrogens is 152 g/mol. The van der Waals surface area contributed by atoms with Crippen LogP contribution in [0.3, 0.4) is 0 Å². The maximum absolute atomic E-state index is 4.99.